The number of hydrogen-bond donors (Lipinski definition) is 0. The molecule has 6 heteroatoms. The maximum Gasteiger partial charge on any atom is 0.181 e. The minimum absolute atomic E-state index is 0.308. The van der Waals surface area contributed by atoms with Crippen molar-refractivity contribution in [3.63, 3.8) is 0 Å². The van der Waals surface area contributed by atoms with E-state index in [1.807, 2.05) is 19.3 Å². The number of aryl methyl sites for hydroxylation is 1. The summed E-state index contributed by atoms with van der Waals surface area (Å²) >= 11 is 11.5. The molecule has 0 bridgehead atoms. The lowest BCUT2D eigenvalue weighted by molar-refractivity contribution is 0.768. The van der Waals surface area contributed by atoms with Gasteiger partial charge in [-0.05, 0) is 12.1 Å². The van der Waals surface area contributed by atoms with Crippen LogP contribution in [0.5, 0.6) is 0 Å². The fraction of sp³-hybridized carbons (Fsp3) is 0.222. The Labute approximate surface area is 96.9 Å². The maximum atomic E-state index is 5.84. The second-order valence-corrected chi connectivity index (χ2v) is 3.67. The summed E-state index contributed by atoms with van der Waals surface area (Å²) in [6, 6.07) is 3.46. The van der Waals surface area contributed by atoms with Crippen LogP contribution in [0.1, 0.15) is 5.69 Å². The molecule has 0 aliphatic heterocycles. The Kier molecular flexibility index (Phi) is 2.88. The average molecular weight is 243 g/mol. The summed E-state index contributed by atoms with van der Waals surface area (Å²) in [6.45, 7) is 0. The Hall–Kier alpha value is -1.13. The molecule has 0 aliphatic rings. The van der Waals surface area contributed by atoms with Crippen molar-refractivity contribution in [3.8, 4) is 11.5 Å². The highest BCUT2D eigenvalue weighted by Gasteiger charge is 2.07. The van der Waals surface area contributed by atoms with Gasteiger partial charge in [0.1, 0.15) is 10.8 Å². The summed E-state index contributed by atoms with van der Waals surface area (Å²) in [4.78, 5) is 8.32. The van der Waals surface area contributed by atoms with Crippen LogP contribution in [0.2, 0.25) is 5.15 Å². The molecule has 2 rings (SSSR count). The number of alkyl halides is 1. The largest absolute Gasteiger partial charge is 0.275 e. The molecule has 0 aliphatic carbocycles. The second kappa shape index (κ2) is 4.16. The number of hydrogen-bond acceptors (Lipinski definition) is 3. The van der Waals surface area contributed by atoms with Crippen molar-refractivity contribution in [1.29, 1.82) is 0 Å². The Balaban J connectivity index is 2.48. The van der Waals surface area contributed by atoms with Crippen molar-refractivity contribution in [2.75, 3.05) is 0 Å². The van der Waals surface area contributed by atoms with Crippen molar-refractivity contribution < 1.29 is 0 Å². The maximum absolute atomic E-state index is 5.84. The van der Waals surface area contributed by atoms with Crippen molar-refractivity contribution in [2.24, 2.45) is 7.05 Å². The molecule has 0 unspecified atom stereocenters. The van der Waals surface area contributed by atoms with E-state index in [1.165, 1.54) is 0 Å². The van der Waals surface area contributed by atoms with Crippen molar-refractivity contribution in [3.05, 3.63) is 29.2 Å². The zero-order chi connectivity index (χ0) is 10.8. The van der Waals surface area contributed by atoms with Gasteiger partial charge in [0.25, 0.3) is 0 Å². The molecule has 0 saturated carbocycles. The first-order chi connectivity index (χ1) is 7.19. The molecule has 2 aromatic rings. The number of nitrogens with zero attached hydrogens (tertiary/aromatic N) is 4. The summed E-state index contributed by atoms with van der Waals surface area (Å²) < 4.78 is 1.68. The van der Waals surface area contributed by atoms with Crippen LogP contribution < -0.4 is 0 Å². The zero-order valence-electron chi connectivity index (χ0n) is 7.98. The van der Waals surface area contributed by atoms with E-state index in [-0.39, 0.29) is 0 Å². The fourth-order valence-electron chi connectivity index (χ4n) is 1.18. The van der Waals surface area contributed by atoms with Gasteiger partial charge in [-0.3, -0.25) is 4.68 Å². The van der Waals surface area contributed by atoms with Crippen LogP contribution in [-0.2, 0) is 12.9 Å². The minimum atomic E-state index is 0.308. The smallest absolute Gasteiger partial charge is 0.181 e. The lowest BCUT2D eigenvalue weighted by atomic mass is 10.4. The topological polar surface area (TPSA) is 43.6 Å². The molecule has 0 fully saturated rings. The Morgan fingerprint density at radius 2 is 2.20 bits per heavy atom. The fourth-order valence-corrected chi connectivity index (χ4v) is 1.52. The molecule has 15 heavy (non-hydrogen) atoms. The predicted molar refractivity (Wildman–Crippen MR) is 58.8 cm³/mol. The van der Waals surface area contributed by atoms with E-state index >= 15 is 0 Å². The summed E-state index contributed by atoms with van der Waals surface area (Å²) in [5.41, 5.74) is 1.38. The molecule has 0 radical (unpaired) electrons. The third-order valence-electron chi connectivity index (χ3n) is 1.83. The first-order valence-electron chi connectivity index (χ1n) is 4.28. The van der Waals surface area contributed by atoms with Gasteiger partial charge >= 0.3 is 0 Å². The van der Waals surface area contributed by atoms with E-state index in [0.29, 0.717) is 28.2 Å². The summed E-state index contributed by atoms with van der Waals surface area (Å²) in [6.07, 6.45) is 1.82. The first-order valence-corrected chi connectivity index (χ1v) is 5.20. The van der Waals surface area contributed by atoms with Crippen LogP contribution in [0.4, 0.5) is 0 Å². The molecule has 0 N–H and O–H groups in total. The first kappa shape index (κ1) is 10.4. The van der Waals surface area contributed by atoms with E-state index < -0.39 is 0 Å². The zero-order valence-corrected chi connectivity index (χ0v) is 9.50. The lowest BCUT2D eigenvalue weighted by Gasteiger charge is -1.99. The van der Waals surface area contributed by atoms with E-state index in [2.05, 4.69) is 15.1 Å². The molecule has 0 spiro atoms. The molecule has 0 aromatic carbocycles. The highest BCUT2D eigenvalue weighted by molar-refractivity contribution is 6.29. The average Bonchev–Trinajstić information content (AvgIpc) is 2.64. The Morgan fingerprint density at radius 1 is 1.40 bits per heavy atom. The lowest BCUT2D eigenvalue weighted by Crippen LogP contribution is -1.96. The van der Waals surface area contributed by atoms with Gasteiger partial charge in [0, 0.05) is 13.2 Å². The van der Waals surface area contributed by atoms with Crippen molar-refractivity contribution >= 4 is 23.2 Å². The molecule has 4 nitrogen and oxygen atoms in total. The predicted octanol–water partition coefficient (Wildman–Crippen LogP) is 2.27. The second-order valence-electron chi connectivity index (χ2n) is 3.01. The highest BCUT2D eigenvalue weighted by Crippen LogP contribution is 2.16. The summed E-state index contributed by atoms with van der Waals surface area (Å²) in [5, 5.41) is 4.56. The van der Waals surface area contributed by atoms with Gasteiger partial charge in [-0.1, -0.05) is 11.6 Å². The van der Waals surface area contributed by atoms with Crippen LogP contribution in [0.15, 0.2) is 18.3 Å². The van der Waals surface area contributed by atoms with Crippen LogP contribution in [-0.4, -0.2) is 19.7 Å². The monoisotopic (exact) mass is 242 g/mol. The van der Waals surface area contributed by atoms with Gasteiger partial charge in [0.05, 0.1) is 11.6 Å². The van der Waals surface area contributed by atoms with E-state index in [0.717, 1.165) is 0 Å². The third-order valence-corrected chi connectivity index (χ3v) is 2.30. The molecule has 0 amide bonds. The molecular formula is C9H8Cl2N4. The van der Waals surface area contributed by atoms with Gasteiger partial charge in [0.15, 0.2) is 5.82 Å². The molecule has 78 valence electrons. The standard InChI is InChI=1S/C9H8Cl2N4/c1-15-3-2-7(14-15)9-12-6(5-10)4-8(11)13-9/h2-4H,5H2,1H3. The Morgan fingerprint density at radius 3 is 2.80 bits per heavy atom. The molecule has 0 atom stereocenters. The van der Waals surface area contributed by atoms with E-state index in [9.17, 15) is 0 Å². The van der Waals surface area contributed by atoms with Gasteiger partial charge in [0.2, 0.25) is 0 Å². The van der Waals surface area contributed by atoms with Crippen LogP contribution in [0.25, 0.3) is 11.5 Å². The normalized spacial score (nSPS) is 10.6. The van der Waals surface area contributed by atoms with Crippen LogP contribution in [0.3, 0.4) is 0 Å². The number of aromatic nitrogens is 4. The molecular weight excluding hydrogens is 235 g/mol. The van der Waals surface area contributed by atoms with Crippen molar-refractivity contribution in [2.45, 2.75) is 5.88 Å². The Bertz CT molecular complexity index is 481. The van der Waals surface area contributed by atoms with E-state index in [4.69, 9.17) is 23.2 Å². The molecule has 2 heterocycles. The molecule has 0 saturated heterocycles. The van der Waals surface area contributed by atoms with Crippen molar-refractivity contribution in [1.82, 2.24) is 19.7 Å². The van der Waals surface area contributed by atoms with Crippen LogP contribution >= 0.6 is 23.2 Å². The molecule has 2 aromatic heterocycles. The number of rotatable bonds is 2. The van der Waals surface area contributed by atoms with Gasteiger partial charge in [-0.25, -0.2) is 9.97 Å². The van der Waals surface area contributed by atoms with E-state index in [1.54, 1.807) is 10.7 Å². The van der Waals surface area contributed by atoms with Gasteiger partial charge < -0.3 is 0 Å². The highest BCUT2D eigenvalue weighted by atomic mass is 35.5. The van der Waals surface area contributed by atoms with Gasteiger partial charge in [-0.15, -0.1) is 11.6 Å². The summed E-state index contributed by atoms with van der Waals surface area (Å²) in [5.74, 6) is 0.806. The minimum Gasteiger partial charge on any atom is -0.275 e. The third kappa shape index (κ3) is 2.27. The quantitative estimate of drug-likeness (QED) is 0.600. The SMILES string of the molecule is Cn1ccc(-c2nc(Cl)cc(CCl)n2)n1. The number of halogens is 2. The van der Waals surface area contributed by atoms with Gasteiger partial charge in [-0.2, -0.15) is 5.10 Å². The van der Waals surface area contributed by atoms with Crippen LogP contribution in [0, 0.1) is 0 Å². The summed E-state index contributed by atoms with van der Waals surface area (Å²) in [7, 11) is 1.83.